The Bertz CT molecular complexity index is 661. The first-order valence-corrected chi connectivity index (χ1v) is 8.95. The second-order valence-electron chi connectivity index (χ2n) is 5.37. The van der Waals surface area contributed by atoms with Gasteiger partial charge in [-0.2, -0.15) is 0 Å². The molecule has 128 valence electrons. The van der Waals surface area contributed by atoms with Crippen LogP contribution in [0.2, 0.25) is 0 Å². The van der Waals surface area contributed by atoms with E-state index in [1.807, 2.05) is 48.5 Å². The molecule has 24 heavy (non-hydrogen) atoms. The van der Waals surface area contributed by atoms with Crippen LogP contribution in [0.1, 0.15) is 25.3 Å². The van der Waals surface area contributed by atoms with E-state index in [-0.39, 0.29) is 5.91 Å². The van der Waals surface area contributed by atoms with Crippen molar-refractivity contribution in [2.75, 3.05) is 18.5 Å². The maximum Gasteiger partial charge on any atom is 0.224 e. The van der Waals surface area contributed by atoms with Gasteiger partial charge in [-0.25, -0.2) is 0 Å². The van der Waals surface area contributed by atoms with Gasteiger partial charge in [-0.05, 0) is 52.7 Å². The molecule has 0 radical (unpaired) electrons. The summed E-state index contributed by atoms with van der Waals surface area (Å²) in [5, 5.41) is 6.26. The Balaban J connectivity index is 1.76. The molecule has 0 bridgehead atoms. The van der Waals surface area contributed by atoms with Crippen molar-refractivity contribution in [2.24, 2.45) is 0 Å². The first-order valence-electron chi connectivity index (χ1n) is 8.16. The molecule has 0 aliphatic heterocycles. The van der Waals surface area contributed by atoms with Crippen LogP contribution >= 0.6 is 15.9 Å². The third-order valence-electron chi connectivity index (χ3n) is 3.50. The topological polar surface area (TPSA) is 50.4 Å². The molecule has 0 aliphatic rings. The fraction of sp³-hybridized carbons (Fsp3) is 0.316. The summed E-state index contributed by atoms with van der Waals surface area (Å²) in [6.45, 7) is 4.22. The van der Waals surface area contributed by atoms with Gasteiger partial charge in [0.15, 0.2) is 0 Å². The highest BCUT2D eigenvalue weighted by Crippen LogP contribution is 2.24. The minimum absolute atomic E-state index is 0.00896. The number of amides is 1. The minimum atomic E-state index is 0.00896. The van der Waals surface area contributed by atoms with Gasteiger partial charge in [-0.3, -0.25) is 4.79 Å². The number of hydrogen-bond donors (Lipinski definition) is 2. The predicted molar refractivity (Wildman–Crippen MR) is 101 cm³/mol. The third kappa shape index (κ3) is 5.98. The number of nitrogens with one attached hydrogen (secondary N) is 2. The molecule has 2 aromatic carbocycles. The average Bonchev–Trinajstić information content (AvgIpc) is 2.59. The van der Waals surface area contributed by atoms with E-state index in [2.05, 4.69) is 33.5 Å². The van der Waals surface area contributed by atoms with Gasteiger partial charge in [0.1, 0.15) is 5.75 Å². The van der Waals surface area contributed by atoms with Crippen LogP contribution in [0, 0.1) is 0 Å². The summed E-state index contributed by atoms with van der Waals surface area (Å²) in [5.41, 5.74) is 1.97. The summed E-state index contributed by atoms with van der Waals surface area (Å²) < 4.78 is 6.60. The molecular formula is C19H23BrN2O2. The number of benzene rings is 2. The van der Waals surface area contributed by atoms with E-state index in [1.54, 1.807) is 0 Å². The molecule has 0 saturated heterocycles. The zero-order chi connectivity index (χ0) is 17.2. The molecule has 0 spiro atoms. The van der Waals surface area contributed by atoms with Gasteiger partial charge >= 0.3 is 0 Å². The molecule has 0 aromatic heterocycles. The number of para-hydroxylation sites is 2. The largest absolute Gasteiger partial charge is 0.492 e. The number of hydrogen-bond acceptors (Lipinski definition) is 3. The first-order chi connectivity index (χ1) is 11.7. The highest BCUT2D eigenvalue weighted by molar-refractivity contribution is 9.10. The highest BCUT2D eigenvalue weighted by atomic mass is 79.9. The molecule has 0 unspecified atom stereocenters. The maximum absolute atomic E-state index is 12.1. The minimum Gasteiger partial charge on any atom is -0.492 e. The van der Waals surface area contributed by atoms with Crippen LogP contribution in [0.15, 0.2) is 53.0 Å². The Kier molecular flexibility index (Phi) is 7.79. The van der Waals surface area contributed by atoms with E-state index < -0.39 is 0 Å². The van der Waals surface area contributed by atoms with E-state index in [1.165, 1.54) is 0 Å². The Morgan fingerprint density at radius 1 is 1.12 bits per heavy atom. The van der Waals surface area contributed by atoms with Crippen LogP contribution in [0.4, 0.5) is 5.69 Å². The molecule has 0 heterocycles. The van der Waals surface area contributed by atoms with Crippen LogP contribution in [0.3, 0.4) is 0 Å². The van der Waals surface area contributed by atoms with Gasteiger partial charge in [0.2, 0.25) is 5.91 Å². The SMILES string of the molecule is CCNCc1ccccc1NC(=O)CCCOc1ccccc1Br. The van der Waals surface area contributed by atoms with Crippen molar-refractivity contribution in [3.05, 3.63) is 58.6 Å². The lowest BCUT2D eigenvalue weighted by Crippen LogP contribution is -2.17. The van der Waals surface area contributed by atoms with Gasteiger partial charge in [0.05, 0.1) is 11.1 Å². The monoisotopic (exact) mass is 390 g/mol. The molecule has 0 aliphatic carbocycles. The third-order valence-corrected chi connectivity index (χ3v) is 4.15. The second-order valence-corrected chi connectivity index (χ2v) is 6.22. The van der Waals surface area contributed by atoms with E-state index in [4.69, 9.17) is 4.74 Å². The lowest BCUT2D eigenvalue weighted by molar-refractivity contribution is -0.116. The number of carbonyl (C=O) groups is 1. The summed E-state index contributed by atoms with van der Waals surface area (Å²) in [4.78, 5) is 12.1. The average molecular weight is 391 g/mol. The number of anilines is 1. The summed E-state index contributed by atoms with van der Waals surface area (Å²) >= 11 is 3.44. The zero-order valence-electron chi connectivity index (χ0n) is 13.8. The molecule has 4 nitrogen and oxygen atoms in total. The van der Waals surface area contributed by atoms with Gasteiger partial charge in [0.25, 0.3) is 0 Å². The molecule has 2 rings (SSSR count). The quantitative estimate of drug-likeness (QED) is 0.625. The smallest absolute Gasteiger partial charge is 0.224 e. The van der Waals surface area contributed by atoms with E-state index in [0.717, 1.165) is 34.6 Å². The van der Waals surface area contributed by atoms with E-state index in [0.29, 0.717) is 19.4 Å². The highest BCUT2D eigenvalue weighted by Gasteiger charge is 2.07. The van der Waals surface area contributed by atoms with Gasteiger partial charge < -0.3 is 15.4 Å². The molecule has 0 atom stereocenters. The van der Waals surface area contributed by atoms with Crippen molar-refractivity contribution < 1.29 is 9.53 Å². The molecule has 0 fully saturated rings. The van der Waals surface area contributed by atoms with Crippen LogP contribution in [0.25, 0.3) is 0 Å². The van der Waals surface area contributed by atoms with Crippen LogP contribution in [-0.4, -0.2) is 19.1 Å². The molecule has 1 amide bonds. The van der Waals surface area contributed by atoms with E-state index >= 15 is 0 Å². The van der Waals surface area contributed by atoms with Crippen molar-refractivity contribution in [2.45, 2.75) is 26.3 Å². The van der Waals surface area contributed by atoms with Crippen molar-refractivity contribution >= 4 is 27.5 Å². The Morgan fingerprint density at radius 3 is 2.67 bits per heavy atom. The van der Waals surface area contributed by atoms with E-state index in [9.17, 15) is 4.79 Å². The van der Waals surface area contributed by atoms with Crippen LogP contribution in [0.5, 0.6) is 5.75 Å². The Hall–Kier alpha value is -1.85. The standard InChI is InChI=1S/C19H23BrN2O2/c1-2-21-14-15-8-3-5-10-17(15)22-19(23)12-7-13-24-18-11-6-4-9-16(18)20/h3-6,8-11,21H,2,7,12-14H2,1H3,(H,22,23). The zero-order valence-corrected chi connectivity index (χ0v) is 15.4. The fourth-order valence-corrected chi connectivity index (χ4v) is 2.64. The maximum atomic E-state index is 12.1. The van der Waals surface area contributed by atoms with Crippen molar-refractivity contribution in [1.29, 1.82) is 0 Å². The first kappa shape index (κ1) is 18.5. The molecule has 0 saturated carbocycles. The van der Waals surface area contributed by atoms with Crippen molar-refractivity contribution in [3.63, 3.8) is 0 Å². The molecule has 2 aromatic rings. The Labute approximate surface area is 151 Å². The van der Waals surface area contributed by atoms with Crippen LogP contribution < -0.4 is 15.4 Å². The summed E-state index contributed by atoms with van der Waals surface area (Å²) in [6.07, 6.45) is 1.10. The van der Waals surface area contributed by atoms with Gasteiger partial charge in [-0.1, -0.05) is 37.3 Å². The number of rotatable bonds is 9. The number of ether oxygens (including phenoxy) is 1. The van der Waals surface area contributed by atoms with Crippen LogP contribution in [-0.2, 0) is 11.3 Å². The van der Waals surface area contributed by atoms with Crippen molar-refractivity contribution in [1.82, 2.24) is 5.32 Å². The Morgan fingerprint density at radius 2 is 1.88 bits per heavy atom. The van der Waals surface area contributed by atoms with Gasteiger partial charge in [0, 0.05) is 18.7 Å². The van der Waals surface area contributed by atoms with Gasteiger partial charge in [-0.15, -0.1) is 0 Å². The summed E-state index contributed by atoms with van der Waals surface area (Å²) in [6, 6.07) is 15.6. The second kappa shape index (κ2) is 10.1. The van der Waals surface area contributed by atoms with Crippen molar-refractivity contribution in [3.8, 4) is 5.75 Å². The molecule has 5 heteroatoms. The predicted octanol–water partition coefficient (Wildman–Crippen LogP) is 4.36. The number of halogens is 1. The molecule has 2 N–H and O–H groups in total. The normalized spacial score (nSPS) is 10.4. The fourth-order valence-electron chi connectivity index (χ4n) is 2.25. The lowest BCUT2D eigenvalue weighted by Gasteiger charge is -2.12. The number of carbonyl (C=O) groups excluding carboxylic acids is 1. The lowest BCUT2D eigenvalue weighted by atomic mass is 10.1. The summed E-state index contributed by atoms with van der Waals surface area (Å²) in [7, 11) is 0. The molecular weight excluding hydrogens is 368 g/mol. The summed E-state index contributed by atoms with van der Waals surface area (Å²) in [5.74, 6) is 0.809.